The van der Waals surface area contributed by atoms with Crippen molar-refractivity contribution in [2.24, 2.45) is 0 Å². The molecule has 0 aliphatic carbocycles. The standard InChI is InChI=1S/C25H33N5O4S/c1-4-6-8-14-29(21-22(26)30(13-7-5-2)25(33)28-23(21)32)20(31)15-18-16-35-24(27-18)17-9-11-19(34-3)12-10-17/h9-12,16H,4-8,13-15,26H2,1-3H3,(H,28,32,33). The summed E-state index contributed by atoms with van der Waals surface area (Å²) in [7, 11) is 1.61. The van der Waals surface area contributed by atoms with Crippen LogP contribution in [0, 0.1) is 0 Å². The summed E-state index contributed by atoms with van der Waals surface area (Å²) >= 11 is 1.45. The van der Waals surface area contributed by atoms with E-state index in [2.05, 4.69) is 16.9 Å². The van der Waals surface area contributed by atoms with Crippen molar-refractivity contribution in [2.45, 2.75) is 58.9 Å². The highest BCUT2D eigenvalue weighted by molar-refractivity contribution is 7.13. The van der Waals surface area contributed by atoms with Gasteiger partial charge in [-0.1, -0.05) is 33.1 Å². The lowest BCUT2D eigenvalue weighted by molar-refractivity contribution is -0.118. The van der Waals surface area contributed by atoms with E-state index in [1.54, 1.807) is 7.11 Å². The van der Waals surface area contributed by atoms with Crippen molar-refractivity contribution in [3.8, 4) is 16.3 Å². The van der Waals surface area contributed by atoms with Crippen LogP contribution in [0.15, 0.2) is 39.2 Å². The number of methoxy groups -OCH3 is 1. The summed E-state index contributed by atoms with van der Waals surface area (Å²) < 4.78 is 6.54. The molecule has 0 saturated heterocycles. The summed E-state index contributed by atoms with van der Waals surface area (Å²) in [5.74, 6) is 0.492. The van der Waals surface area contributed by atoms with Gasteiger partial charge in [0.2, 0.25) is 5.91 Å². The van der Waals surface area contributed by atoms with Crippen molar-refractivity contribution in [1.29, 1.82) is 0 Å². The van der Waals surface area contributed by atoms with Crippen LogP contribution in [0.3, 0.4) is 0 Å². The Morgan fingerprint density at radius 1 is 1.14 bits per heavy atom. The normalized spacial score (nSPS) is 10.9. The number of aromatic nitrogens is 3. The van der Waals surface area contributed by atoms with E-state index in [1.807, 2.05) is 36.6 Å². The van der Waals surface area contributed by atoms with Crippen molar-refractivity contribution < 1.29 is 9.53 Å². The van der Waals surface area contributed by atoms with Crippen LogP contribution in [-0.4, -0.2) is 34.1 Å². The summed E-state index contributed by atoms with van der Waals surface area (Å²) in [6, 6.07) is 7.55. The molecule has 3 N–H and O–H groups in total. The molecule has 1 amide bonds. The number of thiazole rings is 1. The van der Waals surface area contributed by atoms with Crippen molar-refractivity contribution >= 4 is 28.7 Å². The SMILES string of the molecule is CCCCCN(C(=O)Cc1csc(-c2ccc(OC)cc2)n1)c1c(N)n(CCCC)c(=O)[nH]c1=O. The van der Waals surface area contributed by atoms with Crippen LogP contribution in [0.1, 0.15) is 51.6 Å². The predicted molar refractivity (Wildman–Crippen MR) is 140 cm³/mol. The number of ether oxygens (including phenoxy) is 1. The van der Waals surface area contributed by atoms with Crippen LogP contribution >= 0.6 is 11.3 Å². The number of carbonyl (C=O) groups is 1. The number of carbonyl (C=O) groups excluding carboxylic acids is 1. The van der Waals surface area contributed by atoms with E-state index in [4.69, 9.17) is 10.5 Å². The third-order valence-corrected chi connectivity index (χ3v) is 6.67. The molecule has 2 aromatic heterocycles. The molecule has 0 unspecified atom stereocenters. The third-order valence-electron chi connectivity index (χ3n) is 5.73. The maximum Gasteiger partial charge on any atom is 0.330 e. The van der Waals surface area contributed by atoms with E-state index in [9.17, 15) is 14.4 Å². The van der Waals surface area contributed by atoms with Crippen molar-refractivity contribution in [3.63, 3.8) is 0 Å². The van der Waals surface area contributed by atoms with Gasteiger partial charge in [0.15, 0.2) is 5.69 Å². The molecule has 3 rings (SSSR count). The van der Waals surface area contributed by atoms with Crippen LogP contribution in [0.2, 0.25) is 0 Å². The number of nitrogens with two attached hydrogens (primary N) is 1. The number of unbranched alkanes of at least 4 members (excludes halogenated alkanes) is 3. The van der Waals surface area contributed by atoms with Gasteiger partial charge in [-0.25, -0.2) is 9.78 Å². The number of nitrogens with zero attached hydrogens (tertiary/aromatic N) is 3. The van der Waals surface area contributed by atoms with Gasteiger partial charge in [0.05, 0.1) is 19.2 Å². The Morgan fingerprint density at radius 2 is 1.86 bits per heavy atom. The molecule has 3 aromatic rings. The average Bonchev–Trinajstić information content (AvgIpc) is 3.31. The second-order valence-electron chi connectivity index (χ2n) is 8.30. The molecule has 2 heterocycles. The van der Waals surface area contributed by atoms with E-state index in [-0.39, 0.29) is 23.8 Å². The largest absolute Gasteiger partial charge is 0.497 e. The zero-order valence-corrected chi connectivity index (χ0v) is 21.3. The molecule has 0 aliphatic rings. The number of hydrogen-bond donors (Lipinski definition) is 2. The number of nitrogen functional groups attached to an aromatic ring is 1. The summed E-state index contributed by atoms with van der Waals surface area (Å²) in [4.78, 5) is 46.9. The molecule has 0 atom stereocenters. The number of H-pyrrole nitrogens is 1. The van der Waals surface area contributed by atoms with Crippen LogP contribution in [0.4, 0.5) is 11.5 Å². The molecule has 0 bridgehead atoms. The molecule has 0 fully saturated rings. The molecular formula is C25H33N5O4S. The Labute approximate surface area is 208 Å². The molecule has 0 saturated carbocycles. The fourth-order valence-corrected chi connectivity index (χ4v) is 4.59. The number of rotatable bonds is 12. The zero-order chi connectivity index (χ0) is 25.4. The van der Waals surface area contributed by atoms with Crippen LogP contribution in [-0.2, 0) is 17.8 Å². The monoisotopic (exact) mass is 499 g/mol. The van der Waals surface area contributed by atoms with Gasteiger partial charge in [0.1, 0.15) is 16.6 Å². The predicted octanol–water partition coefficient (Wildman–Crippen LogP) is 3.82. The lowest BCUT2D eigenvalue weighted by Crippen LogP contribution is -2.42. The Morgan fingerprint density at radius 3 is 2.51 bits per heavy atom. The number of amides is 1. The van der Waals surface area contributed by atoms with Gasteiger partial charge in [-0.2, -0.15) is 0 Å². The molecular weight excluding hydrogens is 466 g/mol. The van der Waals surface area contributed by atoms with Gasteiger partial charge >= 0.3 is 5.69 Å². The third kappa shape index (κ3) is 6.39. The van der Waals surface area contributed by atoms with Gasteiger partial charge in [-0.05, 0) is 37.1 Å². The van der Waals surface area contributed by atoms with E-state index < -0.39 is 11.2 Å². The summed E-state index contributed by atoms with van der Waals surface area (Å²) in [5, 5.41) is 2.63. The topological polar surface area (TPSA) is 123 Å². The molecule has 0 spiro atoms. The first-order chi connectivity index (χ1) is 16.9. The van der Waals surface area contributed by atoms with Crippen LogP contribution in [0.5, 0.6) is 5.75 Å². The Balaban J connectivity index is 1.89. The first-order valence-corrected chi connectivity index (χ1v) is 12.8. The summed E-state index contributed by atoms with van der Waals surface area (Å²) in [6.45, 7) is 4.78. The zero-order valence-electron chi connectivity index (χ0n) is 20.5. The fourth-order valence-electron chi connectivity index (χ4n) is 3.76. The van der Waals surface area contributed by atoms with E-state index >= 15 is 0 Å². The molecule has 0 aliphatic heterocycles. The number of aromatic amines is 1. The lowest BCUT2D eigenvalue weighted by atomic mass is 10.2. The summed E-state index contributed by atoms with van der Waals surface area (Å²) in [5.41, 5.74) is 6.65. The number of nitrogens with one attached hydrogen (secondary N) is 1. The lowest BCUT2D eigenvalue weighted by Gasteiger charge is -2.24. The van der Waals surface area contributed by atoms with E-state index in [0.717, 1.165) is 42.0 Å². The van der Waals surface area contributed by atoms with Gasteiger partial charge in [0.25, 0.3) is 5.56 Å². The molecule has 35 heavy (non-hydrogen) atoms. The van der Waals surface area contributed by atoms with Crippen molar-refractivity contribution in [2.75, 3.05) is 24.3 Å². The highest BCUT2D eigenvalue weighted by atomic mass is 32.1. The number of hydrogen-bond acceptors (Lipinski definition) is 7. The second-order valence-corrected chi connectivity index (χ2v) is 9.16. The van der Waals surface area contributed by atoms with Gasteiger partial charge in [0, 0.05) is 24.0 Å². The highest BCUT2D eigenvalue weighted by Gasteiger charge is 2.24. The van der Waals surface area contributed by atoms with Gasteiger partial charge < -0.3 is 15.4 Å². The highest BCUT2D eigenvalue weighted by Crippen LogP contribution is 2.26. The molecule has 1 aromatic carbocycles. The van der Waals surface area contributed by atoms with Gasteiger partial charge in [-0.15, -0.1) is 11.3 Å². The maximum atomic E-state index is 13.4. The smallest absolute Gasteiger partial charge is 0.330 e. The first-order valence-electron chi connectivity index (χ1n) is 11.9. The first kappa shape index (κ1) is 26.2. The maximum absolute atomic E-state index is 13.4. The second kappa shape index (κ2) is 12.3. The van der Waals surface area contributed by atoms with Crippen molar-refractivity contribution in [1.82, 2.24) is 14.5 Å². The average molecular weight is 500 g/mol. The van der Waals surface area contributed by atoms with Crippen LogP contribution < -0.4 is 26.6 Å². The fraction of sp³-hybridized carbons (Fsp3) is 0.440. The minimum Gasteiger partial charge on any atom is -0.497 e. The molecule has 10 heteroatoms. The quantitative estimate of drug-likeness (QED) is 0.365. The molecule has 188 valence electrons. The van der Waals surface area contributed by atoms with Crippen molar-refractivity contribution in [3.05, 3.63) is 56.2 Å². The Hall–Kier alpha value is -3.40. The van der Waals surface area contributed by atoms with Gasteiger partial charge in [-0.3, -0.25) is 19.1 Å². The number of anilines is 2. The van der Waals surface area contributed by atoms with E-state index in [0.29, 0.717) is 25.2 Å². The van der Waals surface area contributed by atoms with Crippen LogP contribution in [0.25, 0.3) is 10.6 Å². The Bertz CT molecular complexity index is 1250. The van der Waals surface area contributed by atoms with E-state index in [1.165, 1.54) is 20.8 Å². The minimum absolute atomic E-state index is 0.0196. The molecule has 0 radical (unpaired) electrons. The minimum atomic E-state index is -0.651. The summed E-state index contributed by atoms with van der Waals surface area (Å²) in [6.07, 6.45) is 4.18. The number of benzene rings is 1. The molecule has 9 nitrogen and oxygen atoms in total. The Kier molecular flexibility index (Phi) is 9.25.